The number of allylic oxidation sites excluding steroid dienone is 2. The molecule has 8 nitrogen and oxygen atoms in total. The number of benzene rings is 3. The van der Waals surface area contributed by atoms with E-state index in [-0.39, 0.29) is 35.8 Å². The Morgan fingerprint density at radius 3 is 2.07 bits per heavy atom. The third-order valence-electron chi connectivity index (χ3n) is 9.85. The Balaban J connectivity index is 1.39. The van der Waals surface area contributed by atoms with Crippen LogP contribution < -0.4 is 14.5 Å². The lowest BCUT2D eigenvalue weighted by Gasteiger charge is -2.49. The predicted molar refractivity (Wildman–Crippen MR) is 155 cm³/mol. The fourth-order valence-corrected chi connectivity index (χ4v) is 7.91. The molecule has 212 valence electrons. The van der Waals surface area contributed by atoms with E-state index < -0.39 is 35.0 Å². The number of carbonyl (C=O) groups is 4. The maximum absolute atomic E-state index is 14.4. The third-order valence-corrected chi connectivity index (χ3v) is 9.85. The fraction of sp³-hybridized carbons (Fsp3) is 0.294. The van der Waals surface area contributed by atoms with Crippen molar-refractivity contribution in [3.8, 4) is 11.5 Å². The number of nitrogens with zero attached hydrogens (tertiary/aromatic N) is 2. The number of rotatable bonds is 4. The van der Waals surface area contributed by atoms with Crippen molar-refractivity contribution in [1.82, 2.24) is 0 Å². The van der Waals surface area contributed by atoms with Crippen LogP contribution in [0.15, 0.2) is 90.5 Å². The highest BCUT2D eigenvalue weighted by atomic mass is 16.5. The molecular formula is C34H30N2O6. The molecule has 0 unspecified atom stereocenters. The minimum Gasteiger partial charge on any atom is -0.508 e. The number of anilines is 2. The number of ether oxygens (including phenoxy) is 1. The van der Waals surface area contributed by atoms with E-state index in [1.54, 1.807) is 67.6 Å². The Hall–Kier alpha value is -4.72. The summed E-state index contributed by atoms with van der Waals surface area (Å²) in [5.41, 5.74) is 1.10. The highest BCUT2D eigenvalue weighted by molar-refractivity contribution is 6.25. The molecule has 7 rings (SSSR count). The molecule has 1 saturated carbocycles. The van der Waals surface area contributed by atoms with Crippen molar-refractivity contribution in [3.63, 3.8) is 0 Å². The Morgan fingerprint density at radius 1 is 0.810 bits per heavy atom. The van der Waals surface area contributed by atoms with Gasteiger partial charge in [0.2, 0.25) is 23.6 Å². The smallest absolute Gasteiger partial charge is 0.241 e. The van der Waals surface area contributed by atoms with Crippen LogP contribution in [-0.4, -0.2) is 35.8 Å². The van der Waals surface area contributed by atoms with Gasteiger partial charge < -0.3 is 9.84 Å². The summed E-state index contributed by atoms with van der Waals surface area (Å²) in [4.78, 5) is 58.8. The number of aromatic hydroxyl groups is 1. The molecule has 3 aromatic rings. The second kappa shape index (κ2) is 9.41. The predicted octanol–water partition coefficient (Wildman–Crippen LogP) is 4.84. The Morgan fingerprint density at radius 2 is 1.45 bits per heavy atom. The van der Waals surface area contributed by atoms with Gasteiger partial charge in [0.05, 0.1) is 41.7 Å². The summed E-state index contributed by atoms with van der Waals surface area (Å²) in [7, 11) is 1.50. The first-order valence-electron chi connectivity index (χ1n) is 14.2. The number of imide groups is 2. The van der Waals surface area contributed by atoms with Gasteiger partial charge in [0.15, 0.2) is 0 Å². The van der Waals surface area contributed by atoms with Crippen LogP contribution in [0.1, 0.15) is 31.2 Å². The van der Waals surface area contributed by atoms with Crippen molar-refractivity contribution >= 4 is 35.0 Å². The van der Waals surface area contributed by atoms with Crippen LogP contribution in [0.3, 0.4) is 0 Å². The molecule has 3 aromatic carbocycles. The first kappa shape index (κ1) is 26.2. The topological polar surface area (TPSA) is 104 Å². The average molecular weight is 563 g/mol. The van der Waals surface area contributed by atoms with E-state index in [1.165, 1.54) is 23.0 Å². The molecule has 8 heteroatoms. The Bertz CT molecular complexity index is 1670. The van der Waals surface area contributed by atoms with Crippen LogP contribution in [0, 0.1) is 29.1 Å². The Kier molecular flexibility index (Phi) is 5.87. The van der Waals surface area contributed by atoms with E-state index in [0.29, 0.717) is 29.1 Å². The van der Waals surface area contributed by atoms with Gasteiger partial charge >= 0.3 is 0 Å². The van der Waals surface area contributed by atoms with E-state index in [1.807, 2.05) is 18.2 Å². The SMILES string of the molecule is COc1ccc([C@H]2C3=CC[C@@H]4C(=O)N(c5ccccc5)C(=O)[C@@H]4[C@@H]3C[C@H]3C(=O)N(c4ccccc4)C(=O)[C@@]23C)c(O)c1. The molecule has 0 radical (unpaired) electrons. The zero-order valence-electron chi connectivity index (χ0n) is 23.3. The van der Waals surface area contributed by atoms with Crippen molar-refractivity contribution in [2.75, 3.05) is 16.9 Å². The highest BCUT2D eigenvalue weighted by Crippen LogP contribution is 2.64. The van der Waals surface area contributed by atoms with Crippen LogP contribution in [0.4, 0.5) is 11.4 Å². The summed E-state index contributed by atoms with van der Waals surface area (Å²) in [5, 5.41) is 11.3. The zero-order valence-corrected chi connectivity index (χ0v) is 23.3. The van der Waals surface area contributed by atoms with Crippen LogP contribution in [-0.2, 0) is 19.2 Å². The molecule has 2 heterocycles. The maximum atomic E-state index is 14.4. The zero-order chi connectivity index (χ0) is 29.3. The van der Waals surface area contributed by atoms with Gasteiger partial charge in [0.1, 0.15) is 11.5 Å². The molecule has 3 fully saturated rings. The molecule has 4 amide bonds. The number of carbonyl (C=O) groups excluding carboxylic acids is 4. The first-order valence-corrected chi connectivity index (χ1v) is 14.2. The molecule has 0 bridgehead atoms. The van der Waals surface area contributed by atoms with Gasteiger partial charge in [-0.1, -0.05) is 54.1 Å². The van der Waals surface area contributed by atoms with Crippen molar-refractivity contribution in [1.29, 1.82) is 0 Å². The second-order valence-electron chi connectivity index (χ2n) is 11.8. The summed E-state index contributed by atoms with van der Waals surface area (Å²) >= 11 is 0. The molecule has 2 saturated heterocycles. The van der Waals surface area contributed by atoms with Crippen molar-refractivity contribution < 1.29 is 29.0 Å². The number of methoxy groups -OCH3 is 1. The van der Waals surface area contributed by atoms with Gasteiger partial charge in [-0.15, -0.1) is 0 Å². The van der Waals surface area contributed by atoms with Crippen molar-refractivity contribution in [2.24, 2.45) is 29.1 Å². The van der Waals surface area contributed by atoms with E-state index in [0.717, 1.165) is 5.57 Å². The number of hydrogen-bond donors (Lipinski definition) is 1. The number of hydrogen-bond acceptors (Lipinski definition) is 6. The summed E-state index contributed by atoms with van der Waals surface area (Å²) < 4.78 is 5.31. The second-order valence-corrected chi connectivity index (χ2v) is 11.8. The molecule has 4 aliphatic rings. The first-order chi connectivity index (χ1) is 20.3. The summed E-state index contributed by atoms with van der Waals surface area (Å²) in [6.07, 6.45) is 2.57. The molecule has 1 N–H and O–H groups in total. The van der Waals surface area contributed by atoms with E-state index >= 15 is 0 Å². The third kappa shape index (κ3) is 3.47. The van der Waals surface area contributed by atoms with Crippen LogP contribution >= 0.6 is 0 Å². The highest BCUT2D eigenvalue weighted by Gasteiger charge is 2.68. The lowest BCUT2D eigenvalue weighted by Crippen LogP contribution is -2.48. The lowest BCUT2D eigenvalue weighted by atomic mass is 9.51. The number of phenolic OH excluding ortho intramolecular Hbond substituents is 1. The summed E-state index contributed by atoms with van der Waals surface area (Å²) in [5.74, 6) is -3.93. The number of amides is 4. The summed E-state index contributed by atoms with van der Waals surface area (Å²) in [6.45, 7) is 1.80. The largest absolute Gasteiger partial charge is 0.508 e. The number of phenols is 1. The minimum absolute atomic E-state index is 0.0545. The van der Waals surface area contributed by atoms with Gasteiger partial charge in [-0.3, -0.25) is 24.1 Å². The van der Waals surface area contributed by atoms with Crippen molar-refractivity contribution in [3.05, 3.63) is 96.1 Å². The molecule has 2 aliphatic carbocycles. The van der Waals surface area contributed by atoms with Crippen LogP contribution in [0.25, 0.3) is 0 Å². The van der Waals surface area contributed by atoms with E-state index in [2.05, 4.69) is 0 Å². The fourth-order valence-electron chi connectivity index (χ4n) is 7.91. The molecule has 0 aromatic heterocycles. The molecular weight excluding hydrogens is 532 g/mol. The van der Waals surface area contributed by atoms with Gasteiger partial charge in [0.25, 0.3) is 0 Å². The molecule has 0 spiro atoms. The maximum Gasteiger partial charge on any atom is 0.241 e. The number of fused-ring (bicyclic) bond motifs is 4. The molecule has 2 aliphatic heterocycles. The van der Waals surface area contributed by atoms with Gasteiger partial charge in [0, 0.05) is 17.5 Å². The van der Waals surface area contributed by atoms with Crippen molar-refractivity contribution in [2.45, 2.75) is 25.7 Å². The average Bonchev–Trinajstić information content (AvgIpc) is 3.37. The molecule has 42 heavy (non-hydrogen) atoms. The standard InChI is InChI=1S/C34H30N2O6/c1-34-26(31(39)36(33(34)41)20-11-7-4-8-12-20)18-25-22(29(34)23-14-13-21(42-2)17-27(23)37)15-16-24-28(25)32(40)35(30(24)38)19-9-5-3-6-10-19/h3-15,17,24-26,28-29,37H,16,18H2,1-2H3/t24-,25+,26-,28-,29+,34+/m0/s1. The van der Waals surface area contributed by atoms with E-state index in [4.69, 9.17) is 4.74 Å². The van der Waals surface area contributed by atoms with E-state index in [9.17, 15) is 24.3 Å². The normalized spacial score (nSPS) is 30.1. The lowest BCUT2D eigenvalue weighted by molar-refractivity contribution is -0.131. The van der Waals surface area contributed by atoms with Gasteiger partial charge in [-0.2, -0.15) is 0 Å². The van der Waals surface area contributed by atoms with Crippen LogP contribution in [0.5, 0.6) is 11.5 Å². The van der Waals surface area contributed by atoms with Gasteiger partial charge in [-0.05, 0) is 56.0 Å². The molecule has 6 atom stereocenters. The Labute approximate surface area is 243 Å². The monoisotopic (exact) mass is 562 g/mol. The summed E-state index contributed by atoms with van der Waals surface area (Å²) in [6, 6.07) is 22.7. The number of para-hydroxylation sites is 2. The quantitative estimate of drug-likeness (QED) is 0.361. The minimum atomic E-state index is -1.22. The van der Waals surface area contributed by atoms with Crippen LogP contribution in [0.2, 0.25) is 0 Å². The van der Waals surface area contributed by atoms with Gasteiger partial charge in [-0.25, -0.2) is 4.90 Å².